The Kier molecular flexibility index (Phi) is 3.99. The summed E-state index contributed by atoms with van der Waals surface area (Å²) in [6.07, 6.45) is 0.136. The molecule has 0 aliphatic carbocycles. The van der Waals surface area contributed by atoms with Crippen LogP contribution in [0, 0.1) is 0 Å². The number of carbonyl (C=O) groups excluding carboxylic acids is 1. The van der Waals surface area contributed by atoms with Crippen LogP contribution in [0.3, 0.4) is 0 Å². The highest BCUT2D eigenvalue weighted by Gasteiger charge is 2.13. The van der Waals surface area contributed by atoms with Crippen molar-refractivity contribution >= 4 is 5.91 Å². The number of ether oxygens (including phenoxy) is 3. The van der Waals surface area contributed by atoms with Gasteiger partial charge in [0.1, 0.15) is 0 Å². The van der Waals surface area contributed by atoms with Crippen LogP contribution in [0.25, 0.3) is 0 Å². The van der Waals surface area contributed by atoms with Gasteiger partial charge in [-0.25, -0.2) is 0 Å². The van der Waals surface area contributed by atoms with Gasteiger partial charge in [-0.1, -0.05) is 0 Å². The van der Waals surface area contributed by atoms with Crippen molar-refractivity contribution in [3.63, 3.8) is 0 Å². The number of carbonyl (C=O) groups is 1. The summed E-state index contributed by atoms with van der Waals surface area (Å²) >= 11 is 0. The standard InChI is InChI=1S/C11H15NO4/c1-14-8-4-7(6-10(12)13)5-9(15-2)11(8)16-3/h4-5H,6H2,1-3H3,(H2,12,13). The Morgan fingerprint density at radius 3 is 1.94 bits per heavy atom. The van der Waals surface area contributed by atoms with Gasteiger partial charge in [0.15, 0.2) is 11.5 Å². The molecule has 5 nitrogen and oxygen atoms in total. The van der Waals surface area contributed by atoms with E-state index in [4.69, 9.17) is 19.9 Å². The maximum absolute atomic E-state index is 10.8. The fourth-order valence-electron chi connectivity index (χ4n) is 1.44. The predicted octanol–water partition coefficient (Wildman–Crippen LogP) is 0.740. The van der Waals surface area contributed by atoms with E-state index in [1.165, 1.54) is 21.3 Å². The summed E-state index contributed by atoms with van der Waals surface area (Å²) in [5, 5.41) is 0. The third-order valence-electron chi connectivity index (χ3n) is 2.10. The van der Waals surface area contributed by atoms with Crippen molar-refractivity contribution in [1.29, 1.82) is 0 Å². The molecule has 0 fully saturated rings. The van der Waals surface area contributed by atoms with Crippen molar-refractivity contribution in [3.05, 3.63) is 17.7 Å². The molecular weight excluding hydrogens is 210 g/mol. The van der Waals surface area contributed by atoms with Gasteiger partial charge in [0.2, 0.25) is 11.7 Å². The monoisotopic (exact) mass is 225 g/mol. The Balaban J connectivity index is 3.20. The molecule has 0 unspecified atom stereocenters. The first kappa shape index (κ1) is 12.2. The molecule has 0 bridgehead atoms. The maximum atomic E-state index is 10.8. The number of primary amides is 1. The molecule has 0 saturated carbocycles. The number of amides is 1. The van der Waals surface area contributed by atoms with Crippen LogP contribution in [0.1, 0.15) is 5.56 Å². The van der Waals surface area contributed by atoms with Crippen molar-refractivity contribution in [1.82, 2.24) is 0 Å². The lowest BCUT2D eigenvalue weighted by Crippen LogP contribution is -2.13. The van der Waals surface area contributed by atoms with Crippen LogP contribution in [0.4, 0.5) is 0 Å². The van der Waals surface area contributed by atoms with E-state index < -0.39 is 5.91 Å². The van der Waals surface area contributed by atoms with Gasteiger partial charge >= 0.3 is 0 Å². The van der Waals surface area contributed by atoms with Crippen LogP contribution in [0.5, 0.6) is 17.2 Å². The average Bonchev–Trinajstić information content (AvgIpc) is 2.26. The summed E-state index contributed by atoms with van der Waals surface area (Å²) in [7, 11) is 4.56. The molecule has 0 heterocycles. The first-order chi connectivity index (χ1) is 7.62. The van der Waals surface area contributed by atoms with E-state index in [2.05, 4.69) is 0 Å². The Hall–Kier alpha value is -1.91. The number of nitrogens with two attached hydrogens (primary N) is 1. The summed E-state index contributed by atoms with van der Waals surface area (Å²) in [5.74, 6) is 1.11. The van der Waals surface area contributed by atoms with Crippen LogP contribution in [0.2, 0.25) is 0 Å². The molecule has 5 heteroatoms. The average molecular weight is 225 g/mol. The van der Waals surface area contributed by atoms with Gasteiger partial charge in [0, 0.05) is 0 Å². The summed E-state index contributed by atoms with van der Waals surface area (Å²) < 4.78 is 15.4. The molecular formula is C11H15NO4. The minimum absolute atomic E-state index is 0.136. The molecule has 0 aromatic heterocycles. The van der Waals surface area contributed by atoms with Gasteiger partial charge in [-0.15, -0.1) is 0 Å². The predicted molar refractivity (Wildman–Crippen MR) is 59.0 cm³/mol. The first-order valence-electron chi connectivity index (χ1n) is 4.69. The highest BCUT2D eigenvalue weighted by Crippen LogP contribution is 2.38. The quantitative estimate of drug-likeness (QED) is 0.802. The number of hydrogen-bond acceptors (Lipinski definition) is 4. The molecule has 0 saturated heterocycles. The lowest BCUT2D eigenvalue weighted by Gasteiger charge is -2.13. The molecule has 1 aromatic rings. The van der Waals surface area contributed by atoms with Gasteiger partial charge in [0.05, 0.1) is 27.8 Å². The van der Waals surface area contributed by atoms with E-state index in [-0.39, 0.29) is 6.42 Å². The van der Waals surface area contributed by atoms with Crippen LogP contribution >= 0.6 is 0 Å². The number of hydrogen-bond donors (Lipinski definition) is 1. The minimum Gasteiger partial charge on any atom is -0.493 e. The van der Waals surface area contributed by atoms with Gasteiger partial charge in [0.25, 0.3) is 0 Å². The Labute approximate surface area is 94.1 Å². The summed E-state index contributed by atoms with van der Waals surface area (Å²) in [6.45, 7) is 0. The Bertz CT molecular complexity index is 365. The summed E-state index contributed by atoms with van der Waals surface area (Å²) in [6, 6.07) is 3.40. The minimum atomic E-state index is -0.408. The fraction of sp³-hybridized carbons (Fsp3) is 0.364. The van der Waals surface area contributed by atoms with Crippen molar-refractivity contribution in [3.8, 4) is 17.2 Å². The molecule has 2 N–H and O–H groups in total. The van der Waals surface area contributed by atoms with E-state index in [9.17, 15) is 4.79 Å². The summed E-state index contributed by atoms with van der Waals surface area (Å²) in [4.78, 5) is 10.8. The second-order valence-corrected chi connectivity index (χ2v) is 3.18. The molecule has 88 valence electrons. The lowest BCUT2D eigenvalue weighted by molar-refractivity contribution is -0.117. The van der Waals surface area contributed by atoms with Gasteiger partial charge < -0.3 is 19.9 Å². The maximum Gasteiger partial charge on any atom is 0.221 e. The zero-order valence-corrected chi connectivity index (χ0v) is 9.57. The molecule has 1 amide bonds. The highest BCUT2D eigenvalue weighted by molar-refractivity contribution is 5.77. The number of rotatable bonds is 5. The molecule has 0 spiro atoms. The summed E-state index contributed by atoms with van der Waals surface area (Å²) in [5.41, 5.74) is 5.85. The first-order valence-corrected chi connectivity index (χ1v) is 4.69. The van der Waals surface area contributed by atoms with Crippen LogP contribution in [-0.2, 0) is 11.2 Å². The normalized spacial score (nSPS) is 9.69. The largest absolute Gasteiger partial charge is 0.493 e. The zero-order chi connectivity index (χ0) is 12.1. The zero-order valence-electron chi connectivity index (χ0n) is 9.57. The lowest BCUT2D eigenvalue weighted by atomic mass is 10.1. The third-order valence-corrected chi connectivity index (χ3v) is 2.10. The van der Waals surface area contributed by atoms with Gasteiger partial charge in [-0.2, -0.15) is 0 Å². The van der Waals surface area contributed by atoms with Gasteiger partial charge in [-0.05, 0) is 17.7 Å². The van der Waals surface area contributed by atoms with Crippen molar-refractivity contribution in [2.45, 2.75) is 6.42 Å². The Morgan fingerprint density at radius 1 is 1.12 bits per heavy atom. The Morgan fingerprint density at radius 2 is 1.62 bits per heavy atom. The number of methoxy groups -OCH3 is 3. The highest BCUT2D eigenvalue weighted by atomic mass is 16.5. The van der Waals surface area contributed by atoms with Crippen molar-refractivity contribution < 1.29 is 19.0 Å². The molecule has 0 aliphatic rings. The number of benzene rings is 1. The molecule has 0 atom stereocenters. The van der Waals surface area contributed by atoms with Crippen molar-refractivity contribution in [2.24, 2.45) is 5.73 Å². The van der Waals surface area contributed by atoms with E-state index in [0.29, 0.717) is 17.2 Å². The van der Waals surface area contributed by atoms with E-state index in [1.54, 1.807) is 12.1 Å². The van der Waals surface area contributed by atoms with Crippen LogP contribution < -0.4 is 19.9 Å². The fourth-order valence-corrected chi connectivity index (χ4v) is 1.44. The van der Waals surface area contributed by atoms with Gasteiger partial charge in [-0.3, -0.25) is 4.79 Å². The SMILES string of the molecule is COc1cc(CC(N)=O)cc(OC)c1OC. The van der Waals surface area contributed by atoms with E-state index in [1.807, 2.05) is 0 Å². The van der Waals surface area contributed by atoms with Crippen molar-refractivity contribution in [2.75, 3.05) is 21.3 Å². The third kappa shape index (κ3) is 2.56. The van der Waals surface area contributed by atoms with E-state index >= 15 is 0 Å². The second-order valence-electron chi connectivity index (χ2n) is 3.18. The second kappa shape index (κ2) is 5.25. The van der Waals surface area contributed by atoms with E-state index in [0.717, 1.165) is 5.56 Å². The molecule has 0 aliphatic heterocycles. The molecule has 16 heavy (non-hydrogen) atoms. The van der Waals surface area contributed by atoms with Crippen LogP contribution in [0.15, 0.2) is 12.1 Å². The molecule has 0 radical (unpaired) electrons. The smallest absolute Gasteiger partial charge is 0.221 e. The van der Waals surface area contributed by atoms with Crippen LogP contribution in [-0.4, -0.2) is 27.2 Å². The molecule has 1 aromatic carbocycles. The molecule has 1 rings (SSSR count). The topological polar surface area (TPSA) is 70.8 Å².